The van der Waals surface area contributed by atoms with Crippen LogP contribution in [0, 0.1) is 12.7 Å². The maximum Gasteiger partial charge on any atom is 0.320 e. The second kappa shape index (κ2) is 6.17. The number of aromatic nitrogens is 2. The van der Waals surface area contributed by atoms with Gasteiger partial charge in [0.1, 0.15) is 11.6 Å². The molecule has 3 rings (SSSR count). The number of rotatable bonds is 4. The minimum Gasteiger partial charge on any atom is -0.395 e. The molecule has 1 aromatic carbocycles. The number of halogens is 1. The summed E-state index contributed by atoms with van der Waals surface area (Å²) >= 11 is 0. The zero-order valence-electron chi connectivity index (χ0n) is 12.5. The number of benzene rings is 1. The normalized spacial score (nSPS) is 13.1. The molecule has 1 aliphatic heterocycles. The van der Waals surface area contributed by atoms with Crippen LogP contribution >= 0.6 is 0 Å². The van der Waals surface area contributed by atoms with Gasteiger partial charge in [0, 0.05) is 17.7 Å². The highest BCUT2D eigenvalue weighted by molar-refractivity contribution is 5.93. The van der Waals surface area contributed by atoms with Gasteiger partial charge in [0.25, 0.3) is 0 Å². The summed E-state index contributed by atoms with van der Waals surface area (Å²) < 4.78 is 13.4. The number of hydrogen-bond acceptors (Lipinski definition) is 5. The Labute approximate surface area is 132 Å². The first-order valence-electron chi connectivity index (χ1n) is 7.15. The fourth-order valence-corrected chi connectivity index (χ4v) is 2.44. The molecule has 7 nitrogen and oxygen atoms in total. The van der Waals surface area contributed by atoms with E-state index >= 15 is 0 Å². The van der Waals surface area contributed by atoms with Crippen LogP contribution in [-0.4, -0.2) is 34.3 Å². The van der Waals surface area contributed by atoms with Crippen molar-refractivity contribution in [2.45, 2.75) is 13.5 Å². The molecule has 2 aromatic rings. The lowest BCUT2D eigenvalue weighted by atomic mass is 10.0. The number of aliphatic hydroxyl groups is 1. The van der Waals surface area contributed by atoms with E-state index in [-0.39, 0.29) is 31.5 Å². The molecular weight excluding hydrogens is 301 g/mol. The standard InChI is InChI=1S/C15H16FN5O2/c1-8-6-9(16)2-3-10(8)12-11-7-18-15(23)21-13(11)20-14(19-12)17-4-5-22/h2-3,6,22H,4-5,7H2,1H3,(H3,17,18,19,20,21,23). The first-order chi connectivity index (χ1) is 11.1. The largest absolute Gasteiger partial charge is 0.395 e. The van der Waals surface area contributed by atoms with Crippen LogP contribution in [0.5, 0.6) is 0 Å². The lowest BCUT2D eigenvalue weighted by molar-refractivity contribution is 0.250. The number of fused-ring (bicyclic) bond motifs is 1. The van der Waals surface area contributed by atoms with Crippen molar-refractivity contribution in [1.82, 2.24) is 15.3 Å². The van der Waals surface area contributed by atoms with Gasteiger partial charge in [0.15, 0.2) is 0 Å². The number of nitrogens with zero attached hydrogens (tertiary/aromatic N) is 2. The van der Waals surface area contributed by atoms with E-state index < -0.39 is 0 Å². The molecule has 0 atom stereocenters. The molecule has 1 aromatic heterocycles. The van der Waals surface area contributed by atoms with Crippen molar-refractivity contribution < 1.29 is 14.3 Å². The van der Waals surface area contributed by atoms with E-state index in [4.69, 9.17) is 5.11 Å². The van der Waals surface area contributed by atoms with Crippen LogP contribution in [0.2, 0.25) is 0 Å². The summed E-state index contributed by atoms with van der Waals surface area (Å²) in [5, 5.41) is 17.1. The first-order valence-corrected chi connectivity index (χ1v) is 7.15. The molecule has 8 heteroatoms. The van der Waals surface area contributed by atoms with Gasteiger partial charge in [-0.2, -0.15) is 4.98 Å². The Balaban J connectivity index is 2.13. The van der Waals surface area contributed by atoms with E-state index in [1.165, 1.54) is 12.1 Å². The predicted molar refractivity (Wildman–Crippen MR) is 83.6 cm³/mol. The molecule has 0 bridgehead atoms. The van der Waals surface area contributed by atoms with Crippen molar-refractivity contribution in [3.63, 3.8) is 0 Å². The summed E-state index contributed by atoms with van der Waals surface area (Å²) in [6, 6.07) is 4.11. The average molecular weight is 317 g/mol. The zero-order chi connectivity index (χ0) is 16.4. The van der Waals surface area contributed by atoms with Crippen LogP contribution in [0.15, 0.2) is 18.2 Å². The highest BCUT2D eigenvalue weighted by atomic mass is 19.1. The van der Waals surface area contributed by atoms with Crippen molar-refractivity contribution in [2.24, 2.45) is 0 Å². The second-order valence-corrected chi connectivity index (χ2v) is 5.14. The van der Waals surface area contributed by atoms with Gasteiger partial charge in [-0.05, 0) is 30.7 Å². The molecule has 120 valence electrons. The van der Waals surface area contributed by atoms with Gasteiger partial charge in [-0.15, -0.1) is 0 Å². The Morgan fingerprint density at radius 3 is 2.96 bits per heavy atom. The minimum absolute atomic E-state index is 0.0702. The molecule has 0 spiro atoms. The maximum absolute atomic E-state index is 13.4. The van der Waals surface area contributed by atoms with Crippen molar-refractivity contribution in [3.8, 4) is 11.3 Å². The first kappa shape index (κ1) is 15.2. The van der Waals surface area contributed by atoms with Crippen molar-refractivity contribution >= 4 is 17.8 Å². The highest BCUT2D eigenvalue weighted by Crippen LogP contribution is 2.31. The summed E-state index contributed by atoms with van der Waals surface area (Å²) in [6.45, 7) is 2.29. The van der Waals surface area contributed by atoms with Gasteiger partial charge < -0.3 is 15.7 Å². The average Bonchev–Trinajstić information content (AvgIpc) is 2.52. The molecule has 4 N–H and O–H groups in total. The van der Waals surface area contributed by atoms with Gasteiger partial charge in [0.05, 0.1) is 18.8 Å². The van der Waals surface area contributed by atoms with E-state index in [1.54, 1.807) is 13.0 Å². The smallest absolute Gasteiger partial charge is 0.320 e. The monoisotopic (exact) mass is 317 g/mol. The Morgan fingerprint density at radius 2 is 2.22 bits per heavy atom. The number of nitrogens with one attached hydrogen (secondary N) is 3. The van der Waals surface area contributed by atoms with Crippen molar-refractivity contribution in [2.75, 3.05) is 23.8 Å². The number of amides is 2. The van der Waals surface area contributed by atoms with E-state index in [1.807, 2.05) is 0 Å². The Bertz CT molecular complexity index is 766. The summed E-state index contributed by atoms with van der Waals surface area (Å²) in [7, 11) is 0. The van der Waals surface area contributed by atoms with E-state index in [0.717, 1.165) is 16.7 Å². The lowest BCUT2D eigenvalue weighted by Crippen LogP contribution is -2.34. The number of aryl methyl sites for hydroxylation is 1. The van der Waals surface area contributed by atoms with Crippen LogP contribution in [0.4, 0.5) is 21.0 Å². The van der Waals surface area contributed by atoms with Crippen molar-refractivity contribution in [1.29, 1.82) is 0 Å². The van der Waals surface area contributed by atoms with E-state index in [9.17, 15) is 9.18 Å². The fraction of sp³-hybridized carbons (Fsp3) is 0.267. The number of aliphatic hydroxyl groups excluding tert-OH is 1. The molecule has 2 amide bonds. The van der Waals surface area contributed by atoms with Gasteiger partial charge in [-0.25, -0.2) is 14.2 Å². The number of carbonyl (C=O) groups excluding carboxylic acids is 1. The molecular formula is C15H16FN5O2. The van der Waals surface area contributed by atoms with E-state index in [0.29, 0.717) is 17.5 Å². The Hall–Kier alpha value is -2.74. The molecule has 23 heavy (non-hydrogen) atoms. The molecule has 0 saturated carbocycles. The van der Waals surface area contributed by atoms with Gasteiger partial charge in [-0.1, -0.05) is 0 Å². The quantitative estimate of drug-likeness (QED) is 0.687. The third-order valence-electron chi connectivity index (χ3n) is 3.50. The summed E-state index contributed by atoms with van der Waals surface area (Å²) in [6.07, 6.45) is 0. The molecule has 1 aliphatic rings. The lowest BCUT2D eigenvalue weighted by Gasteiger charge is -2.21. The number of hydrogen-bond donors (Lipinski definition) is 4. The van der Waals surface area contributed by atoms with Gasteiger partial charge in [-0.3, -0.25) is 5.32 Å². The molecule has 0 unspecified atom stereocenters. The Morgan fingerprint density at radius 1 is 1.39 bits per heavy atom. The van der Waals surface area contributed by atoms with Gasteiger partial charge >= 0.3 is 6.03 Å². The Kier molecular flexibility index (Phi) is 4.07. The van der Waals surface area contributed by atoms with Crippen LogP contribution in [0.3, 0.4) is 0 Å². The number of anilines is 2. The predicted octanol–water partition coefficient (Wildman–Crippen LogP) is 1.63. The molecule has 0 aliphatic carbocycles. The topological polar surface area (TPSA) is 99.2 Å². The molecule has 2 heterocycles. The summed E-state index contributed by atoms with van der Waals surface area (Å²) in [5.74, 6) is 0.376. The van der Waals surface area contributed by atoms with Crippen LogP contribution in [0.1, 0.15) is 11.1 Å². The SMILES string of the molecule is Cc1cc(F)ccc1-c1nc(NCCO)nc2c1CNC(=O)N2. The summed E-state index contributed by atoms with van der Waals surface area (Å²) in [4.78, 5) is 20.2. The molecule has 0 radical (unpaired) electrons. The highest BCUT2D eigenvalue weighted by Gasteiger charge is 2.22. The van der Waals surface area contributed by atoms with Crippen molar-refractivity contribution in [3.05, 3.63) is 35.1 Å². The third kappa shape index (κ3) is 3.07. The second-order valence-electron chi connectivity index (χ2n) is 5.14. The third-order valence-corrected chi connectivity index (χ3v) is 3.50. The van der Waals surface area contributed by atoms with E-state index in [2.05, 4.69) is 25.9 Å². The zero-order valence-corrected chi connectivity index (χ0v) is 12.5. The molecule has 0 saturated heterocycles. The van der Waals surface area contributed by atoms with Gasteiger partial charge in [0.2, 0.25) is 5.95 Å². The number of urea groups is 1. The van der Waals surface area contributed by atoms with Crippen LogP contribution in [0.25, 0.3) is 11.3 Å². The minimum atomic E-state index is -0.342. The van der Waals surface area contributed by atoms with Crippen LogP contribution < -0.4 is 16.0 Å². The molecule has 0 fully saturated rings. The summed E-state index contributed by atoms with van der Waals surface area (Å²) in [5.41, 5.74) is 2.83. The van der Waals surface area contributed by atoms with Crippen LogP contribution in [-0.2, 0) is 6.54 Å². The number of carbonyl (C=O) groups is 1. The fourth-order valence-electron chi connectivity index (χ4n) is 2.44. The maximum atomic E-state index is 13.4.